The van der Waals surface area contributed by atoms with Crippen molar-refractivity contribution in [1.82, 2.24) is 0 Å². The molecule has 0 N–H and O–H groups in total. The van der Waals surface area contributed by atoms with E-state index in [-0.39, 0.29) is 5.02 Å². The van der Waals surface area contributed by atoms with E-state index in [9.17, 15) is 14.4 Å². The van der Waals surface area contributed by atoms with Crippen LogP contribution in [0, 0.1) is 0 Å². The van der Waals surface area contributed by atoms with E-state index in [1.54, 1.807) is 43.4 Å². The predicted molar refractivity (Wildman–Crippen MR) is 66.2 cm³/mol. The summed E-state index contributed by atoms with van der Waals surface area (Å²) in [4.78, 5) is 36.1. The Morgan fingerprint density at radius 2 is 1.47 bits per heavy atom. The molecule has 1 rings (SSSR count). The van der Waals surface area contributed by atoms with E-state index >= 15 is 0 Å². The molecule has 0 saturated carbocycles. The molecule has 0 aliphatic heterocycles. The fraction of sp³-hybridized carbons (Fsp3) is 0.154. The van der Waals surface area contributed by atoms with Gasteiger partial charge in [0.05, 0.1) is 0 Å². The molecule has 0 heterocycles. The van der Waals surface area contributed by atoms with E-state index in [2.05, 4.69) is 0 Å². The fourth-order valence-corrected chi connectivity index (χ4v) is 5.68. The molecular weight excluding hydrogens is 305 g/mol. The van der Waals surface area contributed by atoms with Crippen molar-refractivity contribution < 1.29 is 28.0 Å². The van der Waals surface area contributed by atoms with Gasteiger partial charge in [0, 0.05) is 0 Å². The third-order valence-corrected chi connectivity index (χ3v) is 11.3. The first-order valence-corrected chi connectivity index (χ1v) is 10.1. The first-order chi connectivity index (χ1) is 8.17. The summed E-state index contributed by atoms with van der Waals surface area (Å²) >= 11 is -4.32. The van der Waals surface area contributed by atoms with Crippen molar-refractivity contribution in [1.29, 1.82) is 0 Å². The summed E-state index contributed by atoms with van der Waals surface area (Å²) in [6.45, 7) is 1.72. The monoisotopic (exact) mass is 321 g/mol. The number of carbonyl (C=O) groups is 3. The van der Waals surface area contributed by atoms with Gasteiger partial charge in [0.2, 0.25) is 0 Å². The molecule has 0 bridgehead atoms. The molecule has 0 radical (unpaired) electrons. The van der Waals surface area contributed by atoms with Crippen LogP contribution in [0.5, 0.6) is 0 Å². The van der Waals surface area contributed by atoms with Gasteiger partial charge in [-0.05, 0) is 0 Å². The van der Waals surface area contributed by atoms with Crippen molar-refractivity contribution in [3.05, 3.63) is 46.7 Å². The van der Waals surface area contributed by atoms with Crippen LogP contribution in [0.15, 0.2) is 46.7 Å². The molecule has 3 nitrogen and oxygen atoms in total. The van der Waals surface area contributed by atoms with E-state index in [0.717, 1.165) is 0 Å². The Labute approximate surface area is 101 Å². The van der Waals surface area contributed by atoms with E-state index < -0.39 is 13.6 Å². The van der Waals surface area contributed by atoms with Crippen LogP contribution in [0.2, 0.25) is 5.02 Å². The molecule has 0 fully saturated rings. The number of rotatable bonds is 5. The van der Waals surface area contributed by atoms with Crippen LogP contribution < -0.4 is 0 Å². The Hall–Kier alpha value is -1.41. The third kappa shape index (κ3) is 2.18. The first-order valence-electron chi connectivity index (χ1n) is 5.03. The van der Waals surface area contributed by atoms with Crippen LogP contribution in [0.4, 0.5) is 0 Å². The second-order valence-corrected chi connectivity index (χ2v) is 12.8. The van der Waals surface area contributed by atoms with Gasteiger partial charge in [0.25, 0.3) is 0 Å². The Balaban J connectivity index is 3.48. The molecule has 0 saturated heterocycles. The van der Waals surface area contributed by atoms with E-state index in [1.807, 2.05) is 6.08 Å². The van der Waals surface area contributed by atoms with Gasteiger partial charge in [-0.3, -0.25) is 0 Å². The number of hydrogen-bond acceptors (Lipinski definition) is 3. The SMILES string of the molecule is C[CH2][Ru]([CH]=O)([CH]=O)([CH]=O)[C]1=CC=CC=CC=C1. The summed E-state index contributed by atoms with van der Waals surface area (Å²) in [5, 5.41) is 0.279. The minimum atomic E-state index is -4.32. The summed E-state index contributed by atoms with van der Waals surface area (Å²) in [6, 6.07) is 0. The van der Waals surface area contributed by atoms with Crippen LogP contribution in [0.1, 0.15) is 6.92 Å². The van der Waals surface area contributed by atoms with Crippen LogP contribution in [0.25, 0.3) is 0 Å². The predicted octanol–water partition coefficient (Wildman–Crippen LogP) is 2.25. The Morgan fingerprint density at radius 1 is 0.941 bits per heavy atom. The number of carbonyl (C=O) groups excluding carboxylic acids is 3. The molecule has 0 spiro atoms. The topological polar surface area (TPSA) is 51.2 Å². The van der Waals surface area contributed by atoms with Gasteiger partial charge in [-0.2, -0.15) is 0 Å². The van der Waals surface area contributed by atoms with Gasteiger partial charge in [-0.25, -0.2) is 0 Å². The van der Waals surface area contributed by atoms with Gasteiger partial charge < -0.3 is 0 Å². The molecule has 1 aliphatic carbocycles. The average molecular weight is 320 g/mol. The van der Waals surface area contributed by atoms with Crippen LogP contribution in [-0.2, 0) is 28.0 Å². The fourth-order valence-electron chi connectivity index (χ4n) is 1.35. The van der Waals surface area contributed by atoms with Gasteiger partial charge in [0.1, 0.15) is 0 Å². The zero-order valence-electron chi connectivity index (χ0n) is 9.56. The van der Waals surface area contributed by atoms with Gasteiger partial charge in [-0.1, -0.05) is 0 Å². The van der Waals surface area contributed by atoms with Crippen LogP contribution in [0.3, 0.4) is 0 Å². The summed E-state index contributed by atoms with van der Waals surface area (Å²) in [5.74, 6) is 0. The maximum atomic E-state index is 11.4. The molecular formula is C13H15O3Ru. The molecule has 0 amide bonds. The van der Waals surface area contributed by atoms with Crippen molar-refractivity contribution in [2.24, 2.45) is 0 Å². The number of allylic oxidation sites excluding steroid dienone is 8. The molecule has 0 unspecified atom stereocenters. The van der Waals surface area contributed by atoms with Crippen molar-refractivity contribution in [2.75, 3.05) is 0 Å². The Bertz CT molecular complexity index is 431. The van der Waals surface area contributed by atoms with E-state index in [0.29, 0.717) is 18.8 Å². The van der Waals surface area contributed by atoms with E-state index in [4.69, 9.17) is 0 Å². The van der Waals surface area contributed by atoms with Gasteiger partial charge in [0.15, 0.2) is 0 Å². The molecule has 0 aromatic heterocycles. The maximum absolute atomic E-state index is 11.4. The summed E-state index contributed by atoms with van der Waals surface area (Å²) in [7, 11) is 0. The van der Waals surface area contributed by atoms with E-state index in [1.165, 1.54) is 0 Å². The van der Waals surface area contributed by atoms with Gasteiger partial charge in [-0.15, -0.1) is 0 Å². The normalized spacial score (nSPS) is 17.2. The molecule has 1 aliphatic rings. The average Bonchev–Trinajstić information content (AvgIpc) is 2.35. The van der Waals surface area contributed by atoms with Crippen molar-refractivity contribution in [3.63, 3.8) is 0 Å². The molecule has 93 valence electrons. The zero-order chi connectivity index (χ0) is 12.8. The van der Waals surface area contributed by atoms with Crippen molar-refractivity contribution in [2.45, 2.75) is 11.9 Å². The molecule has 0 aromatic carbocycles. The van der Waals surface area contributed by atoms with Crippen LogP contribution >= 0.6 is 0 Å². The zero-order valence-corrected chi connectivity index (χ0v) is 11.3. The first kappa shape index (κ1) is 13.7. The summed E-state index contributed by atoms with van der Waals surface area (Å²) in [6.07, 6.45) is 12.3. The summed E-state index contributed by atoms with van der Waals surface area (Å²) in [5.41, 5.74) is 0. The second-order valence-electron chi connectivity index (χ2n) is 3.38. The molecule has 17 heavy (non-hydrogen) atoms. The third-order valence-electron chi connectivity index (χ3n) is 2.59. The minimum absolute atomic E-state index is 0.279. The summed E-state index contributed by atoms with van der Waals surface area (Å²) < 4.78 is 0.560. The Morgan fingerprint density at radius 3 is 2.00 bits per heavy atom. The Kier molecular flexibility index (Phi) is 4.24. The van der Waals surface area contributed by atoms with Crippen molar-refractivity contribution in [3.8, 4) is 0 Å². The van der Waals surface area contributed by atoms with Crippen LogP contribution in [-0.4, -0.2) is 14.6 Å². The van der Waals surface area contributed by atoms with Gasteiger partial charge >= 0.3 is 101 Å². The second kappa shape index (κ2) is 5.28. The molecule has 4 heteroatoms. The quantitative estimate of drug-likeness (QED) is 0.577. The molecule has 0 aromatic rings. The number of hydrogen-bond donors (Lipinski definition) is 0. The molecule has 0 atom stereocenters. The van der Waals surface area contributed by atoms with Crippen molar-refractivity contribution >= 4 is 14.6 Å². The standard InChI is InChI=1S/C8H7.C2H5.3CHO.Ru/c1-2-4-6-8-7-5-3-1;4*1-2;/h1-7H;1H2,2H3;3*1H;.